The number of β-amino-alcohol motifs (C(OH)–C–C–N with tert-alkyl or cyclic N) is 1. The second-order valence-corrected chi connectivity index (χ2v) is 8.74. The highest BCUT2D eigenvalue weighted by atomic mass is 32.1. The number of aliphatic hydroxyl groups excluding tert-OH is 1. The summed E-state index contributed by atoms with van der Waals surface area (Å²) in [7, 11) is 0. The lowest BCUT2D eigenvalue weighted by Gasteiger charge is -2.36. The molecular formula is C21H21FN6O3S. The molecule has 1 fully saturated rings. The number of fused-ring (bicyclic) bond motifs is 1. The van der Waals surface area contributed by atoms with E-state index in [-0.39, 0.29) is 24.8 Å². The van der Waals surface area contributed by atoms with Gasteiger partial charge >= 0.3 is 0 Å². The maximum Gasteiger partial charge on any atom is 0.254 e. The molecular weight excluding hydrogens is 435 g/mol. The number of hydrogen-bond acceptors (Lipinski definition) is 7. The number of hydrogen-bond donors (Lipinski definition) is 1. The third kappa shape index (κ3) is 3.37. The van der Waals surface area contributed by atoms with Crippen molar-refractivity contribution in [1.29, 1.82) is 0 Å². The molecule has 32 heavy (non-hydrogen) atoms. The highest BCUT2D eigenvalue weighted by Gasteiger charge is 2.39. The van der Waals surface area contributed by atoms with Crippen molar-refractivity contribution in [2.75, 3.05) is 18.0 Å². The highest BCUT2D eigenvalue weighted by molar-refractivity contribution is 7.09. The minimum Gasteiger partial charge on any atom is -0.391 e. The largest absolute Gasteiger partial charge is 0.391 e. The topological polar surface area (TPSA) is 104 Å². The van der Waals surface area contributed by atoms with Crippen molar-refractivity contribution in [2.45, 2.75) is 39.0 Å². The summed E-state index contributed by atoms with van der Waals surface area (Å²) >= 11 is 1.23. The van der Waals surface area contributed by atoms with E-state index in [2.05, 4.69) is 9.36 Å². The smallest absolute Gasteiger partial charge is 0.254 e. The molecule has 1 saturated heterocycles. The lowest BCUT2D eigenvalue weighted by Crippen LogP contribution is -2.42. The number of carbonyl (C=O) groups excluding carboxylic acids is 2. The third-order valence-electron chi connectivity index (χ3n) is 5.85. The van der Waals surface area contributed by atoms with E-state index in [0.717, 1.165) is 0 Å². The van der Waals surface area contributed by atoms with Gasteiger partial charge in [-0.05, 0) is 49.6 Å². The monoisotopic (exact) mass is 456 g/mol. The molecule has 2 atom stereocenters. The minimum atomic E-state index is -0.761. The maximum atomic E-state index is 13.3. The molecule has 2 aliphatic rings. The SMILES string of the molecule is Cc1nsc(-c2nc(N3C[C@@H](O)CC3=O)c3n2CCN(C(=O)c2ccc(F)cc2)[C@@H]3C)n1. The zero-order chi connectivity index (χ0) is 22.6. The lowest BCUT2D eigenvalue weighted by atomic mass is 10.1. The van der Waals surface area contributed by atoms with Gasteiger partial charge in [0.2, 0.25) is 5.91 Å². The lowest BCUT2D eigenvalue weighted by molar-refractivity contribution is -0.117. The van der Waals surface area contributed by atoms with Crippen molar-refractivity contribution in [3.63, 3.8) is 0 Å². The summed E-state index contributed by atoms with van der Waals surface area (Å²) in [6, 6.07) is 5.05. The average molecular weight is 457 g/mol. The van der Waals surface area contributed by atoms with Gasteiger partial charge < -0.3 is 14.6 Å². The molecule has 1 aromatic carbocycles. The first-order valence-corrected chi connectivity index (χ1v) is 11.1. The summed E-state index contributed by atoms with van der Waals surface area (Å²) in [5, 5.41) is 10.7. The molecule has 166 valence electrons. The Morgan fingerprint density at radius 2 is 1.97 bits per heavy atom. The van der Waals surface area contributed by atoms with Gasteiger partial charge in [0.15, 0.2) is 16.6 Å². The Balaban J connectivity index is 1.58. The first-order chi connectivity index (χ1) is 15.3. The van der Waals surface area contributed by atoms with Crippen molar-refractivity contribution in [3.8, 4) is 10.8 Å². The average Bonchev–Trinajstić information content (AvgIpc) is 3.45. The molecule has 11 heteroatoms. The van der Waals surface area contributed by atoms with Crippen molar-refractivity contribution >= 4 is 29.2 Å². The Morgan fingerprint density at radius 3 is 2.59 bits per heavy atom. The second kappa shape index (κ2) is 7.75. The van der Waals surface area contributed by atoms with Crippen LogP contribution in [0, 0.1) is 12.7 Å². The first-order valence-electron chi connectivity index (χ1n) is 10.3. The number of aliphatic hydroxyl groups is 1. The fourth-order valence-electron chi connectivity index (χ4n) is 4.32. The molecule has 0 aliphatic carbocycles. The van der Waals surface area contributed by atoms with Gasteiger partial charge in [0, 0.05) is 18.7 Å². The summed E-state index contributed by atoms with van der Waals surface area (Å²) < 4.78 is 19.5. The van der Waals surface area contributed by atoms with E-state index in [1.165, 1.54) is 40.7 Å². The third-order valence-corrected chi connectivity index (χ3v) is 6.65. The van der Waals surface area contributed by atoms with Gasteiger partial charge in [-0.15, -0.1) is 0 Å². The van der Waals surface area contributed by atoms with Gasteiger partial charge in [-0.1, -0.05) is 0 Å². The van der Waals surface area contributed by atoms with E-state index in [1.54, 1.807) is 11.8 Å². The van der Waals surface area contributed by atoms with Crippen LogP contribution in [0.2, 0.25) is 0 Å². The van der Waals surface area contributed by atoms with Crippen LogP contribution in [0.25, 0.3) is 10.8 Å². The standard InChI is InChI=1S/C21H21FN6O3S/c1-11-17-18(28-10-15(29)9-16(28)30)24-19(20-23-12(2)25-32-20)27(17)8-7-26(11)21(31)13-3-5-14(22)6-4-13/h3-6,11,15,29H,7-10H2,1-2H3/t11-,15+/m1/s1. The number of imidazole rings is 1. The number of anilines is 1. The van der Waals surface area contributed by atoms with Crippen LogP contribution in [0.5, 0.6) is 0 Å². The Hall–Kier alpha value is -3.18. The summed E-state index contributed by atoms with van der Waals surface area (Å²) in [6.45, 7) is 4.70. The van der Waals surface area contributed by atoms with Gasteiger partial charge in [0.05, 0.1) is 30.8 Å². The molecule has 2 amide bonds. The van der Waals surface area contributed by atoms with Crippen LogP contribution in [0.3, 0.4) is 0 Å². The van der Waals surface area contributed by atoms with Crippen LogP contribution in [-0.4, -0.2) is 59.9 Å². The van der Waals surface area contributed by atoms with Gasteiger partial charge in [-0.2, -0.15) is 4.37 Å². The quantitative estimate of drug-likeness (QED) is 0.648. The molecule has 2 aromatic heterocycles. The minimum absolute atomic E-state index is 0.0339. The summed E-state index contributed by atoms with van der Waals surface area (Å²) in [5.41, 5.74) is 1.09. The van der Waals surface area contributed by atoms with Crippen molar-refractivity contribution in [2.24, 2.45) is 0 Å². The number of aromatic nitrogens is 4. The van der Waals surface area contributed by atoms with E-state index in [9.17, 15) is 19.1 Å². The molecule has 0 saturated carbocycles. The number of nitrogens with zero attached hydrogens (tertiary/aromatic N) is 6. The molecule has 0 spiro atoms. The number of benzene rings is 1. The van der Waals surface area contributed by atoms with Crippen LogP contribution >= 0.6 is 11.5 Å². The van der Waals surface area contributed by atoms with Crippen molar-refractivity contribution < 1.29 is 19.1 Å². The van der Waals surface area contributed by atoms with Gasteiger partial charge in [0.25, 0.3) is 5.91 Å². The Kier molecular flexibility index (Phi) is 5.01. The van der Waals surface area contributed by atoms with Gasteiger partial charge in [0.1, 0.15) is 11.6 Å². The molecule has 0 unspecified atom stereocenters. The van der Waals surface area contributed by atoms with Crippen molar-refractivity contribution in [3.05, 3.63) is 47.2 Å². The summed E-state index contributed by atoms with van der Waals surface area (Å²) in [4.78, 5) is 38.1. The molecule has 0 bridgehead atoms. The maximum absolute atomic E-state index is 13.3. The van der Waals surface area contributed by atoms with E-state index in [1.807, 2.05) is 11.5 Å². The highest BCUT2D eigenvalue weighted by Crippen LogP contribution is 2.39. The number of halogens is 1. The predicted octanol–water partition coefficient (Wildman–Crippen LogP) is 2.16. The van der Waals surface area contributed by atoms with Gasteiger partial charge in [-0.25, -0.2) is 14.4 Å². The fraction of sp³-hybridized carbons (Fsp3) is 0.381. The number of rotatable bonds is 3. The van der Waals surface area contributed by atoms with E-state index in [4.69, 9.17) is 4.98 Å². The Morgan fingerprint density at radius 1 is 1.22 bits per heavy atom. The molecule has 1 N–H and O–H groups in total. The molecule has 2 aliphatic heterocycles. The molecule has 0 radical (unpaired) electrons. The van der Waals surface area contributed by atoms with E-state index >= 15 is 0 Å². The van der Waals surface area contributed by atoms with E-state index < -0.39 is 18.0 Å². The predicted molar refractivity (Wildman–Crippen MR) is 115 cm³/mol. The van der Waals surface area contributed by atoms with Crippen LogP contribution in [0.15, 0.2) is 24.3 Å². The Labute approximate surface area is 187 Å². The van der Waals surface area contributed by atoms with Crippen LogP contribution < -0.4 is 4.90 Å². The van der Waals surface area contributed by atoms with Crippen LogP contribution in [0.4, 0.5) is 10.2 Å². The normalized spacial score (nSPS) is 20.7. The summed E-state index contributed by atoms with van der Waals surface area (Å²) in [5.74, 6) is 0.809. The van der Waals surface area contributed by atoms with Gasteiger partial charge in [-0.3, -0.25) is 14.5 Å². The summed E-state index contributed by atoms with van der Waals surface area (Å²) in [6.07, 6.45) is -0.727. The zero-order valence-corrected chi connectivity index (χ0v) is 18.3. The van der Waals surface area contributed by atoms with Crippen molar-refractivity contribution in [1.82, 2.24) is 23.8 Å². The number of carbonyl (C=O) groups is 2. The van der Waals surface area contributed by atoms with E-state index in [0.29, 0.717) is 46.8 Å². The zero-order valence-electron chi connectivity index (χ0n) is 17.5. The van der Waals surface area contributed by atoms with Crippen LogP contribution in [0.1, 0.15) is 41.3 Å². The molecule has 4 heterocycles. The number of amides is 2. The number of aryl methyl sites for hydroxylation is 1. The Bertz CT molecular complexity index is 1210. The second-order valence-electron chi connectivity index (χ2n) is 7.99. The molecule has 3 aromatic rings. The molecule has 9 nitrogen and oxygen atoms in total. The first kappa shape index (κ1) is 20.7. The van der Waals surface area contributed by atoms with Crippen LogP contribution in [-0.2, 0) is 11.3 Å². The molecule has 5 rings (SSSR count). The fourth-order valence-corrected chi connectivity index (χ4v) is 4.99.